The lowest BCUT2D eigenvalue weighted by Gasteiger charge is -2.36. The standard InChI is InChI=1S/C22H27FN4O/c1-17-3-2-8-27(16-17)21-13-18(14-24-15-21)22(28)26-11-9-25(10-12-26)20-6-4-19(23)5-7-20/h4-7,13-15,17H,2-3,8-12,16H2,1H3. The maximum absolute atomic E-state index is 13.1. The highest BCUT2D eigenvalue weighted by Crippen LogP contribution is 2.24. The zero-order chi connectivity index (χ0) is 19.5. The summed E-state index contributed by atoms with van der Waals surface area (Å²) in [6, 6.07) is 8.52. The normalized spacial score (nSPS) is 20.4. The van der Waals surface area contributed by atoms with Gasteiger partial charge in [0.1, 0.15) is 5.82 Å². The number of piperidine rings is 1. The SMILES string of the molecule is CC1CCCN(c2cncc(C(=O)N3CCN(c4ccc(F)cc4)CC3)c2)C1. The fraction of sp³-hybridized carbons (Fsp3) is 0.455. The number of piperazine rings is 1. The Kier molecular flexibility index (Phi) is 5.46. The van der Waals surface area contributed by atoms with Crippen molar-refractivity contribution in [3.8, 4) is 0 Å². The highest BCUT2D eigenvalue weighted by Gasteiger charge is 2.24. The minimum atomic E-state index is -0.229. The van der Waals surface area contributed by atoms with Crippen LogP contribution in [0.2, 0.25) is 0 Å². The summed E-state index contributed by atoms with van der Waals surface area (Å²) in [5.41, 5.74) is 2.70. The Morgan fingerprint density at radius 1 is 1.00 bits per heavy atom. The number of carbonyl (C=O) groups is 1. The molecule has 1 aromatic carbocycles. The van der Waals surface area contributed by atoms with E-state index in [0.717, 1.165) is 37.6 Å². The number of benzene rings is 1. The molecule has 2 aliphatic rings. The predicted octanol–water partition coefficient (Wildman–Crippen LogP) is 3.42. The van der Waals surface area contributed by atoms with Gasteiger partial charge in [0.05, 0.1) is 17.4 Å². The number of anilines is 2. The first-order chi connectivity index (χ1) is 13.6. The third-order valence-electron chi connectivity index (χ3n) is 5.75. The van der Waals surface area contributed by atoms with Crippen LogP contribution in [0.15, 0.2) is 42.7 Å². The van der Waals surface area contributed by atoms with Gasteiger partial charge in [0.25, 0.3) is 5.91 Å². The maximum atomic E-state index is 13.1. The second kappa shape index (κ2) is 8.17. The van der Waals surface area contributed by atoms with Crippen LogP contribution in [-0.2, 0) is 0 Å². The van der Waals surface area contributed by atoms with E-state index in [1.54, 1.807) is 18.3 Å². The van der Waals surface area contributed by atoms with E-state index in [1.165, 1.54) is 25.0 Å². The van der Waals surface area contributed by atoms with Crippen molar-refractivity contribution in [1.29, 1.82) is 0 Å². The van der Waals surface area contributed by atoms with Crippen molar-refractivity contribution in [2.24, 2.45) is 5.92 Å². The van der Waals surface area contributed by atoms with Gasteiger partial charge in [0.15, 0.2) is 0 Å². The summed E-state index contributed by atoms with van der Waals surface area (Å²) >= 11 is 0. The molecule has 0 spiro atoms. The van der Waals surface area contributed by atoms with E-state index in [1.807, 2.05) is 17.2 Å². The molecule has 2 fully saturated rings. The minimum Gasteiger partial charge on any atom is -0.370 e. The smallest absolute Gasteiger partial charge is 0.255 e. The molecule has 0 aliphatic carbocycles. The van der Waals surface area contributed by atoms with Crippen molar-refractivity contribution in [2.75, 3.05) is 49.1 Å². The molecule has 1 amide bonds. The van der Waals surface area contributed by atoms with Gasteiger partial charge in [-0.2, -0.15) is 0 Å². The molecule has 0 saturated carbocycles. The van der Waals surface area contributed by atoms with Crippen LogP contribution in [-0.4, -0.2) is 55.1 Å². The number of amides is 1. The molecule has 28 heavy (non-hydrogen) atoms. The average Bonchev–Trinajstić information content (AvgIpc) is 2.74. The Morgan fingerprint density at radius 3 is 2.46 bits per heavy atom. The van der Waals surface area contributed by atoms with E-state index in [9.17, 15) is 9.18 Å². The molecule has 0 N–H and O–H groups in total. The Bertz CT molecular complexity index is 818. The van der Waals surface area contributed by atoms with Crippen molar-refractivity contribution >= 4 is 17.3 Å². The van der Waals surface area contributed by atoms with Crippen molar-refractivity contribution < 1.29 is 9.18 Å². The molecule has 2 saturated heterocycles. The van der Waals surface area contributed by atoms with Crippen LogP contribution in [0.1, 0.15) is 30.1 Å². The second-order valence-corrected chi connectivity index (χ2v) is 7.88. The van der Waals surface area contributed by atoms with Gasteiger partial charge in [-0.1, -0.05) is 6.92 Å². The van der Waals surface area contributed by atoms with Crippen LogP contribution < -0.4 is 9.80 Å². The lowest BCUT2D eigenvalue weighted by atomic mass is 10.00. The highest BCUT2D eigenvalue weighted by atomic mass is 19.1. The molecule has 2 aromatic rings. The van der Waals surface area contributed by atoms with Crippen molar-refractivity contribution in [3.05, 3.63) is 54.1 Å². The summed E-state index contributed by atoms with van der Waals surface area (Å²) < 4.78 is 13.1. The van der Waals surface area contributed by atoms with Gasteiger partial charge in [-0.15, -0.1) is 0 Å². The van der Waals surface area contributed by atoms with Gasteiger partial charge >= 0.3 is 0 Å². The first-order valence-electron chi connectivity index (χ1n) is 10.1. The lowest BCUT2D eigenvalue weighted by molar-refractivity contribution is 0.0746. The van der Waals surface area contributed by atoms with E-state index in [2.05, 4.69) is 21.7 Å². The van der Waals surface area contributed by atoms with E-state index in [-0.39, 0.29) is 11.7 Å². The molecule has 148 valence electrons. The van der Waals surface area contributed by atoms with Gasteiger partial charge in [-0.25, -0.2) is 4.39 Å². The minimum absolute atomic E-state index is 0.0400. The number of halogens is 1. The summed E-state index contributed by atoms with van der Waals surface area (Å²) in [5, 5.41) is 0. The fourth-order valence-corrected chi connectivity index (χ4v) is 4.14. The Balaban J connectivity index is 1.40. The summed E-state index contributed by atoms with van der Waals surface area (Å²) in [6.07, 6.45) is 5.98. The van der Waals surface area contributed by atoms with Gasteiger partial charge in [0, 0.05) is 51.2 Å². The molecule has 3 heterocycles. The number of carbonyl (C=O) groups excluding carboxylic acids is 1. The summed E-state index contributed by atoms with van der Waals surface area (Å²) in [6.45, 7) is 7.12. The van der Waals surface area contributed by atoms with Gasteiger partial charge in [-0.3, -0.25) is 9.78 Å². The molecule has 6 heteroatoms. The number of rotatable bonds is 3. The lowest BCUT2D eigenvalue weighted by Crippen LogP contribution is -2.48. The Morgan fingerprint density at radius 2 is 1.75 bits per heavy atom. The third-order valence-corrected chi connectivity index (χ3v) is 5.75. The van der Waals surface area contributed by atoms with Crippen molar-refractivity contribution in [2.45, 2.75) is 19.8 Å². The molecular formula is C22H27FN4O. The number of hydrogen-bond acceptors (Lipinski definition) is 4. The van der Waals surface area contributed by atoms with Crippen molar-refractivity contribution in [3.63, 3.8) is 0 Å². The molecular weight excluding hydrogens is 355 g/mol. The van der Waals surface area contributed by atoms with E-state index >= 15 is 0 Å². The summed E-state index contributed by atoms with van der Waals surface area (Å²) in [7, 11) is 0. The number of nitrogens with zero attached hydrogens (tertiary/aromatic N) is 4. The number of hydrogen-bond donors (Lipinski definition) is 0. The summed E-state index contributed by atoms with van der Waals surface area (Å²) in [5.74, 6) is 0.485. The largest absolute Gasteiger partial charge is 0.370 e. The Hall–Kier alpha value is -2.63. The molecule has 1 unspecified atom stereocenters. The fourth-order valence-electron chi connectivity index (χ4n) is 4.14. The number of pyridine rings is 1. The molecule has 1 aromatic heterocycles. The number of aromatic nitrogens is 1. The zero-order valence-corrected chi connectivity index (χ0v) is 16.4. The second-order valence-electron chi connectivity index (χ2n) is 7.88. The maximum Gasteiger partial charge on any atom is 0.255 e. The van der Waals surface area contributed by atoms with Crippen LogP contribution in [0.3, 0.4) is 0 Å². The van der Waals surface area contributed by atoms with Crippen LogP contribution >= 0.6 is 0 Å². The monoisotopic (exact) mass is 382 g/mol. The molecule has 4 rings (SSSR count). The average molecular weight is 382 g/mol. The third kappa shape index (κ3) is 4.11. The molecule has 1 atom stereocenters. The van der Waals surface area contributed by atoms with E-state index < -0.39 is 0 Å². The molecule has 2 aliphatic heterocycles. The summed E-state index contributed by atoms with van der Waals surface area (Å²) in [4.78, 5) is 23.7. The predicted molar refractivity (Wildman–Crippen MR) is 109 cm³/mol. The zero-order valence-electron chi connectivity index (χ0n) is 16.4. The van der Waals surface area contributed by atoms with Crippen molar-refractivity contribution in [1.82, 2.24) is 9.88 Å². The quantitative estimate of drug-likeness (QED) is 0.816. The van der Waals surface area contributed by atoms with Gasteiger partial charge in [-0.05, 0) is 49.1 Å². The molecule has 0 radical (unpaired) electrons. The van der Waals surface area contributed by atoms with E-state index in [4.69, 9.17) is 0 Å². The highest BCUT2D eigenvalue weighted by molar-refractivity contribution is 5.95. The Labute approximate surface area is 165 Å². The molecule has 5 nitrogen and oxygen atoms in total. The van der Waals surface area contributed by atoms with Gasteiger partial charge in [0.2, 0.25) is 0 Å². The van der Waals surface area contributed by atoms with Crippen LogP contribution in [0.5, 0.6) is 0 Å². The van der Waals surface area contributed by atoms with Gasteiger partial charge < -0.3 is 14.7 Å². The van der Waals surface area contributed by atoms with E-state index in [0.29, 0.717) is 24.6 Å². The van der Waals surface area contributed by atoms with Crippen LogP contribution in [0.4, 0.5) is 15.8 Å². The first-order valence-corrected chi connectivity index (χ1v) is 10.1. The topological polar surface area (TPSA) is 39.7 Å². The van der Waals surface area contributed by atoms with Crippen LogP contribution in [0, 0.1) is 11.7 Å². The first kappa shape index (κ1) is 18.7. The molecule has 0 bridgehead atoms. The van der Waals surface area contributed by atoms with Crippen LogP contribution in [0.25, 0.3) is 0 Å².